The van der Waals surface area contributed by atoms with Crippen molar-refractivity contribution in [3.8, 4) is 0 Å². The van der Waals surface area contributed by atoms with Crippen LogP contribution in [-0.4, -0.2) is 41.4 Å². The van der Waals surface area contributed by atoms with Crippen molar-refractivity contribution in [2.75, 3.05) is 26.0 Å². The summed E-state index contributed by atoms with van der Waals surface area (Å²) in [7, 11) is 3.38. The molecule has 0 fully saturated rings. The highest BCUT2D eigenvalue weighted by molar-refractivity contribution is 6.29. The Morgan fingerprint density at radius 3 is 2.86 bits per heavy atom. The molecule has 0 unspecified atom stereocenters. The van der Waals surface area contributed by atoms with E-state index in [1.807, 2.05) is 0 Å². The molecule has 0 atom stereocenters. The van der Waals surface area contributed by atoms with Crippen LogP contribution in [0.15, 0.2) is 12.4 Å². The Hall–Kier alpha value is -1.36. The lowest BCUT2D eigenvalue weighted by atomic mass is 10.5. The van der Waals surface area contributed by atoms with Gasteiger partial charge in [0.15, 0.2) is 0 Å². The minimum Gasteiger partial charge on any atom is -0.360 e. The summed E-state index contributed by atoms with van der Waals surface area (Å²) in [6.07, 6.45) is 2.94. The third-order valence-corrected chi connectivity index (χ3v) is 1.71. The SMILES string of the molecule is CN(C)C(=O)CNc1cncc(Cl)n1. The van der Waals surface area contributed by atoms with Gasteiger partial charge in [-0.2, -0.15) is 0 Å². The largest absolute Gasteiger partial charge is 0.360 e. The van der Waals surface area contributed by atoms with E-state index in [9.17, 15) is 4.79 Å². The smallest absolute Gasteiger partial charge is 0.241 e. The van der Waals surface area contributed by atoms with Crippen molar-refractivity contribution in [3.63, 3.8) is 0 Å². The summed E-state index contributed by atoms with van der Waals surface area (Å²) in [6, 6.07) is 0. The number of rotatable bonds is 3. The van der Waals surface area contributed by atoms with Gasteiger partial charge in [-0.25, -0.2) is 4.98 Å². The molecule has 1 amide bonds. The van der Waals surface area contributed by atoms with Crippen LogP contribution in [0.25, 0.3) is 0 Å². The first-order valence-electron chi connectivity index (χ1n) is 4.01. The first-order valence-corrected chi connectivity index (χ1v) is 4.39. The summed E-state index contributed by atoms with van der Waals surface area (Å²) < 4.78 is 0. The van der Waals surface area contributed by atoms with Crippen molar-refractivity contribution >= 4 is 23.3 Å². The van der Waals surface area contributed by atoms with Gasteiger partial charge < -0.3 is 10.2 Å². The molecule has 0 aliphatic rings. The Kier molecular flexibility index (Phi) is 3.64. The van der Waals surface area contributed by atoms with Crippen LogP contribution in [0.1, 0.15) is 0 Å². The summed E-state index contributed by atoms with van der Waals surface area (Å²) in [5, 5.41) is 3.12. The van der Waals surface area contributed by atoms with Crippen molar-refractivity contribution in [2.45, 2.75) is 0 Å². The molecule has 1 N–H and O–H groups in total. The van der Waals surface area contributed by atoms with Crippen molar-refractivity contribution in [1.29, 1.82) is 0 Å². The summed E-state index contributed by atoms with van der Waals surface area (Å²) in [6.45, 7) is 0.183. The quantitative estimate of drug-likeness (QED) is 0.802. The summed E-state index contributed by atoms with van der Waals surface area (Å²) in [4.78, 5) is 20.4. The predicted molar refractivity (Wildman–Crippen MR) is 54.2 cm³/mol. The molecule has 14 heavy (non-hydrogen) atoms. The number of hydrogen-bond acceptors (Lipinski definition) is 4. The first kappa shape index (κ1) is 10.7. The van der Waals surface area contributed by atoms with Gasteiger partial charge >= 0.3 is 0 Å². The molecular formula is C8H11ClN4O. The van der Waals surface area contributed by atoms with E-state index < -0.39 is 0 Å². The number of anilines is 1. The first-order chi connectivity index (χ1) is 6.59. The zero-order valence-electron chi connectivity index (χ0n) is 7.99. The van der Waals surface area contributed by atoms with Crippen molar-refractivity contribution in [3.05, 3.63) is 17.5 Å². The molecule has 0 spiro atoms. The molecule has 0 aliphatic carbocycles. The number of nitrogens with zero attached hydrogens (tertiary/aromatic N) is 3. The van der Waals surface area contributed by atoms with E-state index in [2.05, 4.69) is 15.3 Å². The molecule has 1 rings (SSSR count). The summed E-state index contributed by atoms with van der Waals surface area (Å²) in [5.41, 5.74) is 0. The summed E-state index contributed by atoms with van der Waals surface area (Å²) in [5.74, 6) is 0.458. The lowest BCUT2D eigenvalue weighted by Gasteiger charge is -2.10. The van der Waals surface area contributed by atoms with Crippen LogP contribution in [0.3, 0.4) is 0 Å². The van der Waals surface area contributed by atoms with Gasteiger partial charge in [0.2, 0.25) is 5.91 Å². The van der Waals surface area contributed by atoms with E-state index in [1.54, 1.807) is 14.1 Å². The lowest BCUT2D eigenvalue weighted by molar-refractivity contribution is -0.126. The van der Waals surface area contributed by atoms with Crippen LogP contribution in [0.5, 0.6) is 0 Å². The van der Waals surface area contributed by atoms with E-state index in [1.165, 1.54) is 17.3 Å². The molecule has 0 aromatic carbocycles. The highest BCUT2D eigenvalue weighted by Gasteiger charge is 2.03. The zero-order chi connectivity index (χ0) is 10.6. The third-order valence-electron chi connectivity index (χ3n) is 1.52. The predicted octanol–water partition coefficient (Wildman–Crippen LogP) is 0.630. The van der Waals surface area contributed by atoms with Gasteiger partial charge in [-0.1, -0.05) is 11.6 Å². The molecule has 0 saturated heterocycles. The van der Waals surface area contributed by atoms with Crippen LogP contribution in [-0.2, 0) is 4.79 Å². The van der Waals surface area contributed by atoms with E-state index in [4.69, 9.17) is 11.6 Å². The van der Waals surface area contributed by atoms with Gasteiger partial charge in [0, 0.05) is 14.1 Å². The molecular weight excluding hydrogens is 204 g/mol. The van der Waals surface area contributed by atoms with Crippen LogP contribution < -0.4 is 5.32 Å². The second-order valence-electron chi connectivity index (χ2n) is 2.87. The fourth-order valence-electron chi connectivity index (χ4n) is 0.752. The maximum absolute atomic E-state index is 11.2. The number of carbonyl (C=O) groups is 1. The van der Waals surface area contributed by atoms with E-state index >= 15 is 0 Å². The van der Waals surface area contributed by atoms with Gasteiger partial charge in [-0.05, 0) is 0 Å². The highest BCUT2D eigenvalue weighted by Crippen LogP contribution is 2.05. The Balaban J connectivity index is 2.50. The Morgan fingerprint density at radius 1 is 1.57 bits per heavy atom. The molecule has 1 aromatic rings. The molecule has 1 aromatic heterocycles. The Bertz CT molecular complexity index is 329. The highest BCUT2D eigenvalue weighted by atomic mass is 35.5. The Labute approximate surface area is 87.1 Å². The third kappa shape index (κ3) is 3.18. The maximum atomic E-state index is 11.2. The number of amides is 1. The molecule has 0 bridgehead atoms. The zero-order valence-corrected chi connectivity index (χ0v) is 8.75. The standard InChI is InChI=1S/C8H11ClN4O/c1-13(2)8(14)5-11-7-4-10-3-6(9)12-7/h3-4H,5H2,1-2H3,(H,11,12). The average Bonchev–Trinajstić information content (AvgIpc) is 2.14. The van der Waals surface area contributed by atoms with Gasteiger partial charge in [0.1, 0.15) is 11.0 Å². The van der Waals surface area contributed by atoms with E-state index in [0.29, 0.717) is 11.0 Å². The minimum absolute atomic E-state index is 0.0354. The second-order valence-corrected chi connectivity index (χ2v) is 3.26. The van der Waals surface area contributed by atoms with Gasteiger partial charge in [-0.3, -0.25) is 9.78 Å². The van der Waals surface area contributed by atoms with Gasteiger partial charge in [-0.15, -0.1) is 0 Å². The van der Waals surface area contributed by atoms with Crippen molar-refractivity contribution in [1.82, 2.24) is 14.9 Å². The van der Waals surface area contributed by atoms with Crippen molar-refractivity contribution < 1.29 is 4.79 Å². The molecule has 5 nitrogen and oxygen atoms in total. The molecule has 6 heteroatoms. The number of likely N-dealkylation sites (N-methyl/N-ethyl adjacent to an activating group) is 1. The van der Waals surface area contributed by atoms with Gasteiger partial charge in [0.05, 0.1) is 18.9 Å². The lowest BCUT2D eigenvalue weighted by Crippen LogP contribution is -2.28. The maximum Gasteiger partial charge on any atom is 0.241 e. The fraction of sp³-hybridized carbons (Fsp3) is 0.375. The second kappa shape index (κ2) is 4.76. The monoisotopic (exact) mass is 214 g/mol. The fourth-order valence-corrected chi connectivity index (χ4v) is 0.899. The number of aromatic nitrogens is 2. The number of hydrogen-bond donors (Lipinski definition) is 1. The van der Waals surface area contributed by atoms with Crippen LogP contribution >= 0.6 is 11.6 Å². The number of carbonyl (C=O) groups excluding carboxylic acids is 1. The molecule has 1 heterocycles. The molecule has 0 saturated carbocycles. The Morgan fingerprint density at radius 2 is 2.29 bits per heavy atom. The van der Waals surface area contributed by atoms with E-state index in [0.717, 1.165) is 0 Å². The normalized spacial score (nSPS) is 9.64. The number of nitrogens with one attached hydrogen (secondary N) is 1. The van der Waals surface area contributed by atoms with Crippen molar-refractivity contribution in [2.24, 2.45) is 0 Å². The van der Waals surface area contributed by atoms with Gasteiger partial charge in [0.25, 0.3) is 0 Å². The average molecular weight is 215 g/mol. The summed E-state index contributed by atoms with van der Waals surface area (Å²) >= 11 is 5.61. The molecule has 0 aliphatic heterocycles. The van der Waals surface area contributed by atoms with Crippen LogP contribution in [0.2, 0.25) is 5.15 Å². The van der Waals surface area contributed by atoms with Crippen LogP contribution in [0, 0.1) is 0 Å². The van der Waals surface area contributed by atoms with E-state index in [-0.39, 0.29) is 12.5 Å². The molecule has 76 valence electrons. The minimum atomic E-state index is -0.0354. The number of halogens is 1. The topological polar surface area (TPSA) is 58.1 Å². The van der Waals surface area contributed by atoms with Crippen LogP contribution in [0.4, 0.5) is 5.82 Å². The molecule has 0 radical (unpaired) electrons.